The topological polar surface area (TPSA) is 109 Å². The van der Waals surface area contributed by atoms with Gasteiger partial charge in [0.2, 0.25) is 0 Å². The predicted octanol–water partition coefficient (Wildman–Crippen LogP) is 0.380. The fraction of sp³-hybridized carbons (Fsp3) is 0.400. The van der Waals surface area contributed by atoms with Crippen LogP contribution >= 0.6 is 0 Å². The SMILES string of the molecule is CC(CS(C)(=O)=O)Nc1nccc(C#N)c1N. The number of nitrogen functional groups attached to an aromatic ring is 1. The van der Waals surface area contributed by atoms with Crippen molar-refractivity contribution in [1.29, 1.82) is 5.26 Å². The molecule has 0 aliphatic heterocycles. The Morgan fingerprint density at radius 3 is 2.82 bits per heavy atom. The van der Waals surface area contributed by atoms with E-state index in [1.807, 2.05) is 6.07 Å². The zero-order chi connectivity index (χ0) is 13.1. The third kappa shape index (κ3) is 3.92. The molecule has 0 fully saturated rings. The minimum absolute atomic E-state index is 0.0229. The monoisotopic (exact) mass is 254 g/mol. The first-order valence-electron chi connectivity index (χ1n) is 4.92. The van der Waals surface area contributed by atoms with Crippen LogP contribution in [0.15, 0.2) is 12.3 Å². The molecule has 1 unspecified atom stereocenters. The lowest BCUT2D eigenvalue weighted by Crippen LogP contribution is -2.26. The van der Waals surface area contributed by atoms with E-state index in [1.165, 1.54) is 12.3 Å². The summed E-state index contributed by atoms with van der Waals surface area (Å²) >= 11 is 0. The lowest BCUT2D eigenvalue weighted by atomic mass is 10.2. The summed E-state index contributed by atoms with van der Waals surface area (Å²) in [6, 6.07) is 3.11. The molecule has 17 heavy (non-hydrogen) atoms. The molecular weight excluding hydrogens is 240 g/mol. The number of pyridine rings is 1. The van der Waals surface area contributed by atoms with Crippen molar-refractivity contribution in [3.05, 3.63) is 17.8 Å². The maximum atomic E-state index is 11.1. The molecule has 0 radical (unpaired) electrons. The second-order valence-corrected chi connectivity index (χ2v) is 6.06. The van der Waals surface area contributed by atoms with Crippen molar-refractivity contribution in [3.63, 3.8) is 0 Å². The maximum absolute atomic E-state index is 11.1. The van der Waals surface area contributed by atoms with Crippen LogP contribution in [-0.4, -0.2) is 31.5 Å². The van der Waals surface area contributed by atoms with Crippen LogP contribution < -0.4 is 11.1 Å². The van der Waals surface area contributed by atoms with Crippen LogP contribution in [0, 0.1) is 11.3 Å². The molecule has 0 aliphatic rings. The molecular formula is C10H14N4O2S. The van der Waals surface area contributed by atoms with Gasteiger partial charge < -0.3 is 11.1 Å². The van der Waals surface area contributed by atoms with Gasteiger partial charge in [-0.2, -0.15) is 5.26 Å². The van der Waals surface area contributed by atoms with Crippen molar-refractivity contribution in [2.45, 2.75) is 13.0 Å². The van der Waals surface area contributed by atoms with Gasteiger partial charge in [-0.05, 0) is 13.0 Å². The molecule has 1 aromatic rings. The van der Waals surface area contributed by atoms with Gasteiger partial charge in [0.1, 0.15) is 15.9 Å². The average molecular weight is 254 g/mol. The van der Waals surface area contributed by atoms with Gasteiger partial charge in [-0.15, -0.1) is 0 Å². The van der Waals surface area contributed by atoms with Gasteiger partial charge in [0.05, 0.1) is 17.0 Å². The smallest absolute Gasteiger partial charge is 0.150 e. The first-order valence-corrected chi connectivity index (χ1v) is 6.98. The third-order valence-corrected chi connectivity index (χ3v) is 3.15. The van der Waals surface area contributed by atoms with E-state index in [9.17, 15) is 8.42 Å². The largest absolute Gasteiger partial charge is 0.395 e. The Morgan fingerprint density at radius 2 is 2.29 bits per heavy atom. The van der Waals surface area contributed by atoms with E-state index in [0.717, 1.165) is 6.26 Å². The number of nitrogens with two attached hydrogens (primary N) is 1. The maximum Gasteiger partial charge on any atom is 0.150 e. The highest BCUT2D eigenvalue weighted by molar-refractivity contribution is 7.90. The lowest BCUT2D eigenvalue weighted by Gasteiger charge is -2.15. The van der Waals surface area contributed by atoms with Crippen LogP contribution in [0.4, 0.5) is 11.5 Å². The second kappa shape index (κ2) is 5.01. The number of hydrogen-bond acceptors (Lipinski definition) is 6. The number of aromatic nitrogens is 1. The Labute approximate surface area is 100 Å². The van der Waals surface area contributed by atoms with E-state index in [-0.39, 0.29) is 17.5 Å². The van der Waals surface area contributed by atoms with Gasteiger partial charge in [0.25, 0.3) is 0 Å². The Morgan fingerprint density at radius 1 is 1.65 bits per heavy atom. The molecule has 1 rings (SSSR count). The molecule has 0 spiro atoms. The summed E-state index contributed by atoms with van der Waals surface area (Å²) in [4.78, 5) is 3.97. The number of nitrogens with zero attached hydrogens (tertiary/aromatic N) is 2. The predicted molar refractivity (Wildman–Crippen MR) is 66.2 cm³/mol. The Kier molecular flexibility index (Phi) is 3.91. The highest BCUT2D eigenvalue weighted by Crippen LogP contribution is 2.19. The summed E-state index contributed by atoms with van der Waals surface area (Å²) in [5.74, 6) is 0.311. The highest BCUT2D eigenvalue weighted by Gasteiger charge is 2.13. The van der Waals surface area contributed by atoms with Crippen molar-refractivity contribution >= 4 is 21.3 Å². The fourth-order valence-corrected chi connectivity index (χ4v) is 2.41. The van der Waals surface area contributed by atoms with E-state index >= 15 is 0 Å². The summed E-state index contributed by atoms with van der Waals surface area (Å²) in [6.45, 7) is 1.71. The molecule has 0 aliphatic carbocycles. The number of rotatable bonds is 4. The molecule has 0 saturated carbocycles. The summed E-state index contributed by atoms with van der Waals surface area (Å²) in [6.07, 6.45) is 2.61. The van der Waals surface area contributed by atoms with Crippen LogP contribution in [0.3, 0.4) is 0 Å². The average Bonchev–Trinajstić information content (AvgIpc) is 2.18. The quantitative estimate of drug-likeness (QED) is 0.804. The molecule has 1 aromatic heterocycles. The molecule has 7 heteroatoms. The molecule has 0 aromatic carbocycles. The molecule has 0 amide bonds. The van der Waals surface area contributed by atoms with Crippen molar-refractivity contribution in [2.24, 2.45) is 0 Å². The zero-order valence-electron chi connectivity index (χ0n) is 9.64. The Bertz CT molecular complexity index is 548. The number of nitriles is 1. The molecule has 3 N–H and O–H groups in total. The number of nitrogens with one attached hydrogen (secondary N) is 1. The fourth-order valence-electron chi connectivity index (χ4n) is 1.41. The van der Waals surface area contributed by atoms with Crippen molar-refractivity contribution in [3.8, 4) is 6.07 Å². The molecule has 1 atom stereocenters. The number of sulfone groups is 1. The van der Waals surface area contributed by atoms with Gasteiger partial charge in [-0.1, -0.05) is 0 Å². The van der Waals surface area contributed by atoms with Crippen molar-refractivity contribution in [1.82, 2.24) is 4.98 Å². The van der Waals surface area contributed by atoms with Crippen molar-refractivity contribution in [2.75, 3.05) is 23.1 Å². The minimum Gasteiger partial charge on any atom is -0.395 e. The van der Waals surface area contributed by atoms with Gasteiger partial charge in [0.15, 0.2) is 5.82 Å². The summed E-state index contributed by atoms with van der Waals surface area (Å²) < 4.78 is 22.2. The first-order chi connectivity index (χ1) is 7.83. The number of anilines is 2. The van der Waals surface area contributed by atoms with E-state index < -0.39 is 9.84 Å². The van der Waals surface area contributed by atoms with E-state index in [2.05, 4.69) is 10.3 Å². The first kappa shape index (κ1) is 13.3. The van der Waals surface area contributed by atoms with Crippen LogP contribution in [0.25, 0.3) is 0 Å². The second-order valence-electron chi connectivity index (χ2n) is 3.87. The molecule has 0 bridgehead atoms. The standard InChI is InChI=1S/C10H14N4O2S/c1-7(6-17(2,15)16)14-10-9(12)8(5-11)3-4-13-10/h3-4,7H,6,12H2,1-2H3,(H,13,14). The Hall–Kier alpha value is -1.81. The van der Waals surface area contributed by atoms with E-state index in [4.69, 9.17) is 11.0 Å². The van der Waals surface area contributed by atoms with Gasteiger partial charge >= 0.3 is 0 Å². The van der Waals surface area contributed by atoms with Crippen LogP contribution in [-0.2, 0) is 9.84 Å². The van der Waals surface area contributed by atoms with Gasteiger partial charge in [-0.3, -0.25) is 0 Å². The highest BCUT2D eigenvalue weighted by atomic mass is 32.2. The molecule has 6 nitrogen and oxygen atoms in total. The summed E-state index contributed by atoms with van der Waals surface area (Å²) in [5.41, 5.74) is 6.25. The molecule has 0 saturated heterocycles. The van der Waals surface area contributed by atoms with Crippen molar-refractivity contribution < 1.29 is 8.42 Å². The van der Waals surface area contributed by atoms with Crippen LogP contribution in [0.1, 0.15) is 12.5 Å². The van der Waals surface area contributed by atoms with Crippen LogP contribution in [0.2, 0.25) is 0 Å². The molecule has 1 heterocycles. The Balaban J connectivity index is 2.86. The van der Waals surface area contributed by atoms with E-state index in [1.54, 1.807) is 6.92 Å². The minimum atomic E-state index is -3.07. The van der Waals surface area contributed by atoms with E-state index in [0.29, 0.717) is 11.4 Å². The lowest BCUT2D eigenvalue weighted by molar-refractivity contribution is 0.598. The summed E-state index contributed by atoms with van der Waals surface area (Å²) in [5, 5.41) is 11.7. The third-order valence-electron chi connectivity index (χ3n) is 2.05. The van der Waals surface area contributed by atoms with Gasteiger partial charge in [-0.25, -0.2) is 13.4 Å². The number of hydrogen-bond donors (Lipinski definition) is 2. The normalized spacial score (nSPS) is 12.8. The van der Waals surface area contributed by atoms with Gasteiger partial charge in [0, 0.05) is 18.5 Å². The van der Waals surface area contributed by atoms with Crippen LogP contribution in [0.5, 0.6) is 0 Å². The molecule has 92 valence electrons. The zero-order valence-corrected chi connectivity index (χ0v) is 10.5. The summed E-state index contributed by atoms with van der Waals surface area (Å²) in [7, 11) is -3.07.